The van der Waals surface area contributed by atoms with Crippen LogP contribution in [0.1, 0.15) is 19.6 Å². The van der Waals surface area contributed by atoms with Crippen molar-refractivity contribution in [3.05, 3.63) is 60.7 Å². The predicted molar refractivity (Wildman–Crippen MR) is 118 cm³/mol. The highest BCUT2D eigenvalue weighted by molar-refractivity contribution is 6.22. The minimum absolute atomic E-state index is 0.275. The summed E-state index contributed by atoms with van der Waals surface area (Å²) < 4.78 is 17.3. The molecule has 0 amide bonds. The molecule has 5 nitrogen and oxygen atoms in total. The summed E-state index contributed by atoms with van der Waals surface area (Å²) in [5, 5.41) is 15.9. The third kappa shape index (κ3) is 1.76. The van der Waals surface area contributed by atoms with Crippen LogP contribution < -0.4 is 0 Å². The lowest BCUT2D eigenvalue weighted by Gasteiger charge is -2.46. The smallest absolute Gasteiger partial charge is 0.174 e. The number of hydrogen-bond donors (Lipinski definition) is 1. The Hall–Kier alpha value is -2.86. The number of methoxy groups -OCH3 is 1. The molecule has 0 saturated carbocycles. The van der Waals surface area contributed by atoms with Crippen LogP contribution in [-0.4, -0.2) is 33.6 Å². The van der Waals surface area contributed by atoms with E-state index < -0.39 is 17.9 Å². The summed E-state index contributed by atoms with van der Waals surface area (Å²) in [5.74, 6) is 0. The maximum Gasteiger partial charge on any atom is 0.174 e. The normalized spacial score (nSPS) is 28.2. The number of aromatic nitrogens is 2. The number of ether oxygens (including phenoxy) is 2. The number of para-hydroxylation sites is 2. The second-order valence-corrected chi connectivity index (χ2v) is 8.68. The largest absolute Gasteiger partial charge is 0.390 e. The number of benzene rings is 3. The van der Waals surface area contributed by atoms with E-state index >= 15 is 0 Å². The van der Waals surface area contributed by atoms with Crippen LogP contribution in [0.3, 0.4) is 0 Å². The van der Waals surface area contributed by atoms with E-state index in [1.807, 2.05) is 0 Å². The number of rotatable bonds is 1. The summed E-state index contributed by atoms with van der Waals surface area (Å²) in [6, 6.07) is 21.4. The maximum atomic E-state index is 11.1. The Kier molecular flexibility index (Phi) is 3.06. The van der Waals surface area contributed by atoms with E-state index in [-0.39, 0.29) is 6.23 Å². The molecule has 150 valence electrons. The fourth-order valence-corrected chi connectivity index (χ4v) is 6.09. The molecule has 3 aromatic carbocycles. The molecule has 0 unspecified atom stereocenters. The van der Waals surface area contributed by atoms with Crippen LogP contribution in [0.15, 0.2) is 60.7 Å². The van der Waals surface area contributed by atoms with Gasteiger partial charge in [-0.05, 0) is 19.1 Å². The van der Waals surface area contributed by atoms with Crippen molar-refractivity contribution in [1.82, 2.24) is 9.13 Å². The Labute approximate surface area is 173 Å². The summed E-state index contributed by atoms with van der Waals surface area (Å²) in [6.07, 6.45) is -0.900. The van der Waals surface area contributed by atoms with Gasteiger partial charge in [0.1, 0.15) is 12.3 Å². The van der Waals surface area contributed by atoms with Crippen molar-refractivity contribution >= 4 is 43.6 Å². The molecule has 4 heterocycles. The van der Waals surface area contributed by atoms with Crippen LogP contribution in [0, 0.1) is 0 Å². The second-order valence-electron chi connectivity index (χ2n) is 8.68. The molecule has 1 N–H and O–H groups in total. The zero-order chi connectivity index (χ0) is 20.2. The average molecular weight is 398 g/mol. The molecule has 2 aliphatic heterocycles. The van der Waals surface area contributed by atoms with Crippen molar-refractivity contribution < 1.29 is 14.6 Å². The van der Waals surface area contributed by atoms with Gasteiger partial charge in [0.2, 0.25) is 0 Å². The van der Waals surface area contributed by atoms with Crippen molar-refractivity contribution in [1.29, 1.82) is 0 Å². The molecular formula is C25H22N2O3. The standard InChI is InChI=1S/C25H22N2O3/c1-25-24(29-2)20(28)13-21(30-25)26-18-9-5-3-7-14(18)16-11-12-17-15-8-4-6-10-19(15)27(25)23(17)22(16)26/h3-12,20-21,24,28H,13H2,1-2H3/t20-,21-,24-,25+/m1/s1. The van der Waals surface area contributed by atoms with Crippen LogP contribution in [0.5, 0.6) is 0 Å². The quantitative estimate of drug-likeness (QED) is 0.438. The fourth-order valence-electron chi connectivity index (χ4n) is 6.09. The van der Waals surface area contributed by atoms with E-state index in [0.29, 0.717) is 6.42 Å². The third-order valence-electron chi connectivity index (χ3n) is 7.19. The first-order valence-electron chi connectivity index (χ1n) is 10.5. The molecule has 5 heteroatoms. The molecule has 0 radical (unpaired) electrons. The summed E-state index contributed by atoms with van der Waals surface area (Å²) in [7, 11) is 1.66. The number of aliphatic hydroxyl groups is 1. The molecule has 2 aliphatic rings. The molecule has 1 saturated heterocycles. The Balaban J connectivity index is 1.81. The first-order chi connectivity index (χ1) is 14.6. The number of fused-ring (bicyclic) bond motifs is 10. The molecule has 2 aromatic heterocycles. The summed E-state index contributed by atoms with van der Waals surface area (Å²) in [4.78, 5) is 0. The highest BCUT2D eigenvalue weighted by atomic mass is 16.6. The van der Waals surface area contributed by atoms with Crippen LogP contribution in [0.4, 0.5) is 0 Å². The Morgan fingerprint density at radius 2 is 1.53 bits per heavy atom. The molecule has 7 rings (SSSR count). The van der Waals surface area contributed by atoms with E-state index in [9.17, 15) is 5.11 Å². The summed E-state index contributed by atoms with van der Waals surface area (Å²) in [6.45, 7) is 2.05. The minimum atomic E-state index is -0.840. The van der Waals surface area contributed by atoms with Gasteiger partial charge in [-0.1, -0.05) is 48.5 Å². The maximum absolute atomic E-state index is 11.1. The van der Waals surface area contributed by atoms with Crippen molar-refractivity contribution in [2.45, 2.75) is 37.5 Å². The molecule has 1 fully saturated rings. The van der Waals surface area contributed by atoms with Gasteiger partial charge in [0, 0.05) is 35.1 Å². The Morgan fingerprint density at radius 3 is 2.27 bits per heavy atom. The van der Waals surface area contributed by atoms with Gasteiger partial charge in [-0.2, -0.15) is 0 Å². The first-order valence-corrected chi connectivity index (χ1v) is 10.5. The molecule has 5 aromatic rings. The molecular weight excluding hydrogens is 376 g/mol. The Morgan fingerprint density at radius 1 is 0.900 bits per heavy atom. The monoisotopic (exact) mass is 398 g/mol. The molecule has 30 heavy (non-hydrogen) atoms. The van der Waals surface area contributed by atoms with Gasteiger partial charge in [0.05, 0.1) is 28.2 Å². The lowest BCUT2D eigenvalue weighted by atomic mass is 9.95. The van der Waals surface area contributed by atoms with Crippen LogP contribution in [0.25, 0.3) is 43.6 Å². The highest BCUT2D eigenvalue weighted by Crippen LogP contribution is 2.51. The van der Waals surface area contributed by atoms with E-state index in [0.717, 1.165) is 16.6 Å². The van der Waals surface area contributed by atoms with E-state index in [4.69, 9.17) is 9.47 Å². The van der Waals surface area contributed by atoms with Gasteiger partial charge < -0.3 is 23.7 Å². The van der Waals surface area contributed by atoms with Gasteiger partial charge in [-0.3, -0.25) is 0 Å². The zero-order valence-electron chi connectivity index (χ0n) is 16.9. The molecule has 0 aliphatic carbocycles. The van der Waals surface area contributed by atoms with Crippen molar-refractivity contribution in [3.63, 3.8) is 0 Å². The Bertz CT molecular complexity index is 1500. The SMILES string of the molecule is CO[C@@H]1[C@H](O)C[C@H]2O[C@]1(C)n1c3ccccc3c3ccc4c5ccccc5n2c4c31. The first kappa shape index (κ1) is 16.9. The van der Waals surface area contributed by atoms with Crippen molar-refractivity contribution in [2.24, 2.45) is 0 Å². The van der Waals surface area contributed by atoms with Gasteiger partial charge in [0.25, 0.3) is 0 Å². The number of nitrogens with zero attached hydrogens (tertiary/aromatic N) is 2. The number of aliphatic hydroxyl groups excluding tert-OH is 1. The molecule has 0 spiro atoms. The minimum Gasteiger partial charge on any atom is -0.390 e. The second kappa shape index (κ2) is 5.43. The van der Waals surface area contributed by atoms with E-state index in [1.165, 1.54) is 27.1 Å². The van der Waals surface area contributed by atoms with Gasteiger partial charge in [-0.15, -0.1) is 0 Å². The third-order valence-corrected chi connectivity index (χ3v) is 7.19. The molecule has 2 bridgehead atoms. The van der Waals surface area contributed by atoms with Crippen molar-refractivity contribution in [2.75, 3.05) is 7.11 Å². The van der Waals surface area contributed by atoms with E-state index in [1.54, 1.807) is 7.11 Å². The lowest BCUT2D eigenvalue weighted by molar-refractivity contribution is -0.278. The van der Waals surface area contributed by atoms with Gasteiger partial charge >= 0.3 is 0 Å². The highest BCUT2D eigenvalue weighted by Gasteiger charge is 2.52. The lowest BCUT2D eigenvalue weighted by Crippen LogP contribution is -2.56. The fraction of sp³-hybridized carbons (Fsp3) is 0.280. The van der Waals surface area contributed by atoms with Crippen LogP contribution in [-0.2, 0) is 15.2 Å². The zero-order valence-corrected chi connectivity index (χ0v) is 16.9. The summed E-state index contributed by atoms with van der Waals surface area (Å²) >= 11 is 0. The van der Waals surface area contributed by atoms with Gasteiger partial charge in [-0.25, -0.2) is 0 Å². The molecule has 4 atom stereocenters. The topological polar surface area (TPSA) is 48.5 Å². The summed E-state index contributed by atoms with van der Waals surface area (Å²) in [5.41, 5.74) is 3.70. The van der Waals surface area contributed by atoms with E-state index in [2.05, 4.69) is 76.7 Å². The number of hydrogen-bond acceptors (Lipinski definition) is 3. The van der Waals surface area contributed by atoms with Crippen molar-refractivity contribution in [3.8, 4) is 0 Å². The van der Waals surface area contributed by atoms with Crippen LogP contribution in [0.2, 0.25) is 0 Å². The predicted octanol–water partition coefficient (Wildman–Crippen LogP) is 4.88. The average Bonchev–Trinajstić information content (AvgIpc) is 3.24. The van der Waals surface area contributed by atoms with Crippen LogP contribution >= 0.6 is 0 Å². The van der Waals surface area contributed by atoms with Gasteiger partial charge in [0.15, 0.2) is 5.72 Å².